The Kier molecular flexibility index (Phi) is 7.11. The molecular weight excluding hydrogens is 449 g/mol. The maximum absolute atomic E-state index is 12.3. The van der Waals surface area contributed by atoms with Crippen LogP contribution in [0.4, 0.5) is 13.2 Å². The summed E-state index contributed by atoms with van der Waals surface area (Å²) in [6.45, 7) is 0.522. The second-order valence-corrected chi connectivity index (χ2v) is 9.54. The number of carbonyl (C=O) groups is 1. The molecule has 1 aliphatic heterocycles. The molecule has 0 saturated carbocycles. The summed E-state index contributed by atoms with van der Waals surface area (Å²) >= 11 is 0. The van der Waals surface area contributed by atoms with Gasteiger partial charge >= 0.3 is 12.1 Å². The van der Waals surface area contributed by atoms with Crippen LogP contribution in [-0.2, 0) is 19.6 Å². The van der Waals surface area contributed by atoms with E-state index in [0.717, 1.165) is 11.8 Å². The van der Waals surface area contributed by atoms with Gasteiger partial charge < -0.3 is 9.47 Å². The van der Waals surface area contributed by atoms with E-state index in [1.165, 1.54) is 28.6 Å². The van der Waals surface area contributed by atoms with Crippen molar-refractivity contribution >= 4 is 16.0 Å². The first-order chi connectivity index (χ1) is 14.9. The lowest BCUT2D eigenvalue weighted by atomic mass is 9.90. The van der Waals surface area contributed by atoms with Gasteiger partial charge in [0.25, 0.3) is 0 Å². The molecule has 0 aromatic heterocycles. The van der Waals surface area contributed by atoms with Crippen LogP contribution in [-0.4, -0.2) is 50.3 Å². The average molecular weight is 472 g/mol. The summed E-state index contributed by atoms with van der Waals surface area (Å²) in [4.78, 5) is 10.9. The van der Waals surface area contributed by atoms with E-state index in [9.17, 15) is 26.4 Å². The molecule has 0 bridgehead atoms. The highest BCUT2D eigenvalue weighted by Crippen LogP contribution is 2.31. The molecule has 0 spiro atoms. The zero-order chi connectivity index (χ0) is 23.5. The molecule has 11 heteroatoms. The number of nitrogens with zero attached hydrogens (tertiary/aromatic N) is 1. The number of piperidine rings is 1. The largest absolute Gasteiger partial charge is 0.490 e. The Balaban J connectivity index is 1.70. The molecule has 2 aromatic carbocycles. The Morgan fingerprint density at radius 1 is 1.09 bits per heavy atom. The predicted molar refractivity (Wildman–Crippen MR) is 110 cm³/mol. The van der Waals surface area contributed by atoms with Crippen molar-refractivity contribution in [3.63, 3.8) is 0 Å². The molecule has 1 fully saturated rings. The number of ether oxygens (including phenoxy) is 2. The highest BCUT2D eigenvalue weighted by Gasteiger charge is 2.42. The summed E-state index contributed by atoms with van der Waals surface area (Å²) < 4.78 is 72.9. The first kappa shape index (κ1) is 24.0. The Morgan fingerprint density at radius 2 is 1.72 bits per heavy atom. The van der Waals surface area contributed by atoms with Crippen molar-refractivity contribution in [2.45, 2.75) is 30.8 Å². The fraction of sp³-hybridized carbons (Fsp3) is 0.381. The molecule has 3 atom stereocenters. The minimum absolute atomic E-state index is 0.0563. The molecule has 1 heterocycles. The van der Waals surface area contributed by atoms with Gasteiger partial charge in [-0.1, -0.05) is 42.5 Å². The predicted octanol–water partition coefficient (Wildman–Crippen LogP) is 2.95. The van der Waals surface area contributed by atoms with Crippen LogP contribution in [0.5, 0.6) is 5.75 Å². The topological polar surface area (TPSA) is 98.9 Å². The van der Waals surface area contributed by atoms with Crippen LogP contribution in [0.1, 0.15) is 29.7 Å². The lowest BCUT2D eigenvalue weighted by Gasteiger charge is -2.36. The van der Waals surface area contributed by atoms with E-state index in [1.807, 2.05) is 30.3 Å². The molecular formula is C21H23F3N2O5S. The normalized spacial score (nSPS) is 21.0. The quantitative estimate of drug-likeness (QED) is 0.513. The number of benzene rings is 2. The molecule has 3 unspecified atom stereocenters. The second kappa shape index (κ2) is 9.47. The molecule has 1 aliphatic rings. The lowest BCUT2D eigenvalue weighted by Crippen LogP contribution is -2.47. The molecule has 2 aromatic rings. The average Bonchev–Trinajstić information content (AvgIpc) is 2.73. The monoisotopic (exact) mass is 472 g/mol. The number of esters is 1. The summed E-state index contributed by atoms with van der Waals surface area (Å²) in [6, 6.07) is 15.3. The van der Waals surface area contributed by atoms with Crippen molar-refractivity contribution in [3.05, 3.63) is 65.7 Å². The van der Waals surface area contributed by atoms with E-state index < -0.39 is 34.5 Å². The lowest BCUT2D eigenvalue weighted by molar-refractivity contribution is -0.205. The molecule has 174 valence electrons. The number of hydrogen-bond acceptors (Lipinski definition) is 6. The van der Waals surface area contributed by atoms with Crippen molar-refractivity contribution in [3.8, 4) is 5.75 Å². The van der Waals surface area contributed by atoms with Crippen LogP contribution in [0.3, 0.4) is 0 Å². The van der Waals surface area contributed by atoms with Crippen LogP contribution in [0.15, 0.2) is 54.6 Å². The van der Waals surface area contributed by atoms with Crippen LogP contribution in [0.25, 0.3) is 0 Å². The Labute approximate surface area is 184 Å². The minimum atomic E-state index is -5.14. The Bertz CT molecular complexity index is 1030. The number of sulfonamides is 1. The van der Waals surface area contributed by atoms with Crippen LogP contribution in [0, 0.1) is 0 Å². The van der Waals surface area contributed by atoms with Gasteiger partial charge in [0.2, 0.25) is 10.0 Å². The highest BCUT2D eigenvalue weighted by molar-refractivity contribution is 7.88. The number of hydrogen-bond donors (Lipinski definition) is 1. The molecule has 0 aliphatic carbocycles. The fourth-order valence-corrected chi connectivity index (χ4v) is 4.40. The maximum Gasteiger partial charge on any atom is 0.490 e. The third-order valence-corrected chi connectivity index (χ3v) is 6.33. The first-order valence-corrected chi connectivity index (χ1v) is 11.6. The number of nitrogens with two attached hydrogens (primary N) is 1. The number of carbonyl (C=O) groups excluding carboxylic acids is 1. The molecule has 32 heavy (non-hydrogen) atoms. The molecule has 3 rings (SSSR count). The smallest absolute Gasteiger partial charge is 0.489 e. The van der Waals surface area contributed by atoms with Crippen LogP contribution in [0.2, 0.25) is 0 Å². The van der Waals surface area contributed by atoms with E-state index in [2.05, 4.69) is 4.74 Å². The van der Waals surface area contributed by atoms with Crippen LogP contribution >= 0.6 is 0 Å². The zero-order valence-electron chi connectivity index (χ0n) is 17.2. The molecule has 0 amide bonds. The summed E-state index contributed by atoms with van der Waals surface area (Å²) in [6.07, 6.45) is -5.43. The van der Waals surface area contributed by atoms with Gasteiger partial charge in [0, 0.05) is 18.0 Å². The van der Waals surface area contributed by atoms with Gasteiger partial charge in [0.1, 0.15) is 11.9 Å². The van der Waals surface area contributed by atoms with Gasteiger partial charge in [-0.15, -0.1) is 0 Å². The van der Waals surface area contributed by atoms with Crippen molar-refractivity contribution in [1.29, 1.82) is 0 Å². The van der Waals surface area contributed by atoms with E-state index >= 15 is 0 Å². The van der Waals surface area contributed by atoms with Crippen molar-refractivity contribution in [2.75, 3.05) is 19.3 Å². The van der Waals surface area contributed by atoms with Gasteiger partial charge in [-0.05, 0) is 24.1 Å². The van der Waals surface area contributed by atoms with E-state index in [1.54, 1.807) is 0 Å². The van der Waals surface area contributed by atoms with Gasteiger partial charge in [-0.2, -0.15) is 17.5 Å². The van der Waals surface area contributed by atoms with Gasteiger partial charge in [-0.3, -0.25) is 5.73 Å². The maximum atomic E-state index is 12.3. The minimum Gasteiger partial charge on any atom is -0.489 e. The third-order valence-electron chi connectivity index (χ3n) is 5.10. The van der Waals surface area contributed by atoms with E-state index in [-0.39, 0.29) is 18.0 Å². The first-order valence-electron chi connectivity index (χ1n) is 9.73. The standard InChI is InChI=1S/C21H23F3N2O5S/c1-32(28,29)26-12-16(14-5-3-2-4-6-14)11-18(13-26)30-17-9-7-15(8-10-17)19(25)31-20(27)21(22,23)24/h2-10,16,18-19H,11-13,25H2,1H3. The second-order valence-electron chi connectivity index (χ2n) is 7.56. The van der Waals surface area contributed by atoms with Gasteiger partial charge in [0.15, 0.2) is 6.23 Å². The van der Waals surface area contributed by atoms with E-state index in [0.29, 0.717) is 18.7 Å². The highest BCUT2D eigenvalue weighted by atomic mass is 32.2. The molecule has 2 N–H and O–H groups in total. The Morgan fingerprint density at radius 3 is 2.28 bits per heavy atom. The summed E-state index contributed by atoms with van der Waals surface area (Å²) in [5.41, 5.74) is 6.67. The fourth-order valence-electron chi connectivity index (χ4n) is 3.52. The molecule has 1 saturated heterocycles. The third kappa shape index (κ3) is 6.21. The van der Waals surface area contributed by atoms with Crippen molar-refractivity contribution in [2.24, 2.45) is 5.73 Å². The number of halogens is 3. The number of alkyl halides is 3. The Hall–Kier alpha value is -2.63. The van der Waals surface area contributed by atoms with E-state index in [4.69, 9.17) is 10.5 Å². The SMILES string of the molecule is CS(=O)(=O)N1CC(Oc2ccc(C(N)OC(=O)C(F)(F)F)cc2)CC(c2ccccc2)C1. The van der Waals surface area contributed by atoms with Crippen molar-refractivity contribution < 1.29 is 35.9 Å². The van der Waals surface area contributed by atoms with Crippen LogP contribution < -0.4 is 10.5 Å². The van der Waals surface area contributed by atoms with Gasteiger partial charge in [0.05, 0.1) is 12.8 Å². The summed E-state index contributed by atoms with van der Waals surface area (Å²) in [5, 5.41) is 0. The summed E-state index contributed by atoms with van der Waals surface area (Å²) in [7, 11) is -3.44. The van der Waals surface area contributed by atoms with Gasteiger partial charge in [-0.25, -0.2) is 13.2 Å². The van der Waals surface area contributed by atoms with Crippen molar-refractivity contribution in [1.82, 2.24) is 4.31 Å². The number of rotatable bonds is 6. The summed E-state index contributed by atoms with van der Waals surface area (Å²) in [5.74, 6) is -2.05. The zero-order valence-corrected chi connectivity index (χ0v) is 18.0. The molecule has 0 radical (unpaired) electrons. The molecule has 7 nitrogen and oxygen atoms in total.